The summed E-state index contributed by atoms with van der Waals surface area (Å²) in [5, 5.41) is 0. The van der Waals surface area contributed by atoms with Gasteiger partial charge in [-0.25, -0.2) is 0 Å². The largest absolute Gasteiger partial charge is 3.00 e. The van der Waals surface area contributed by atoms with Crippen molar-refractivity contribution in [2.24, 2.45) is 0 Å². The van der Waals surface area contributed by atoms with Gasteiger partial charge in [0, 0.05) is 0 Å². The van der Waals surface area contributed by atoms with Gasteiger partial charge in [-0.2, -0.15) is 25.3 Å². The molecule has 0 aromatic carbocycles. The summed E-state index contributed by atoms with van der Waals surface area (Å²) in [5.74, 6) is 0. The first-order valence-corrected chi connectivity index (χ1v) is 6.29. The van der Waals surface area contributed by atoms with Crippen molar-refractivity contribution < 1.29 is 90.9 Å². The predicted molar refractivity (Wildman–Crippen MR) is 87.8 cm³/mol. The molecule has 0 aliphatic heterocycles. The minimum atomic E-state index is -4.67. The Morgan fingerprint density at radius 3 is 0.333 bits per heavy atom. The van der Waals surface area contributed by atoms with Crippen molar-refractivity contribution in [2.75, 3.05) is 0 Å². The van der Waals surface area contributed by atoms with E-state index >= 15 is 0 Å². The molecule has 19 nitrogen and oxygen atoms in total. The van der Waals surface area contributed by atoms with Gasteiger partial charge in [0.25, 0.3) is 0 Å². The second kappa shape index (κ2) is 51.0. The Labute approximate surface area is 207 Å². The summed E-state index contributed by atoms with van der Waals surface area (Å²) in [4.78, 5) is 0. The van der Waals surface area contributed by atoms with E-state index in [2.05, 4.69) is 0 Å². The first-order valence-electron chi connectivity index (χ1n) is 2.10. The topological polar surface area (TPSA) is 435 Å². The molecule has 0 aliphatic carbocycles. The third-order valence-corrected chi connectivity index (χ3v) is 0. The first kappa shape index (κ1) is 116. The molecule has 0 heterocycles. The molecule has 0 radical (unpaired) electrons. The van der Waals surface area contributed by atoms with E-state index < -0.39 is 31.2 Å². The zero-order chi connectivity index (χ0) is 13.5. The van der Waals surface area contributed by atoms with Crippen molar-refractivity contribution in [1.29, 1.82) is 0 Å². The molecular weight excluding hydrogens is 535 g/mol. The van der Waals surface area contributed by atoms with Crippen molar-refractivity contribution >= 4 is 118 Å². The molecule has 27 heavy (non-hydrogen) atoms. The summed E-state index contributed by atoms with van der Waals surface area (Å²) in [6.45, 7) is 0. The molecular formula is H14Al5O19S3+9. The molecule has 0 rings (SSSR count). The first-order chi connectivity index (χ1) is 6.00. The second-order valence-corrected chi connectivity index (χ2v) is 4.03. The van der Waals surface area contributed by atoms with Crippen molar-refractivity contribution in [3.8, 4) is 0 Å². The minimum absolute atomic E-state index is 0. The molecule has 152 valence electrons. The Kier molecular flexibility index (Phi) is 219. The molecule has 0 spiro atoms. The fraction of sp³-hybridized carbons (Fsp3) is 0. The average molecular weight is 549 g/mol. The van der Waals surface area contributed by atoms with E-state index in [1.165, 1.54) is 0 Å². The molecule has 0 unspecified atom stereocenters. The monoisotopic (exact) mass is 549 g/mol. The Balaban J connectivity index is -0.00000000503. The van der Waals surface area contributed by atoms with E-state index in [1.54, 1.807) is 0 Å². The van der Waals surface area contributed by atoms with Crippen molar-refractivity contribution in [3.05, 3.63) is 0 Å². The van der Waals surface area contributed by atoms with Gasteiger partial charge >= 0.3 is 118 Å². The van der Waals surface area contributed by atoms with E-state index in [1.807, 2.05) is 0 Å². The summed E-state index contributed by atoms with van der Waals surface area (Å²) in [5.41, 5.74) is 0. The van der Waals surface area contributed by atoms with Crippen LogP contribution in [-0.2, 0) is 47.6 Å². The van der Waals surface area contributed by atoms with Gasteiger partial charge in [0.05, 0.1) is 0 Å². The van der Waals surface area contributed by atoms with Crippen LogP contribution >= 0.6 is 0 Å². The minimum Gasteiger partial charge on any atom is -2.00 e. The summed E-state index contributed by atoms with van der Waals surface area (Å²) in [7, 11) is -14.0. The number of hydrogen-bond acceptors (Lipinski definition) is 6. The summed E-state index contributed by atoms with van der Waals surface area (Å²) in [6.07, 6.45) is 0. The molecule has 0 saturated carbocycles. The smallest absolute Gasteiger partial charge is 2.00 e. The van der Waals surface area contributed by atoms with Crippen molar-refractivity contribution in [3.63, 3.8) is 0 Å². The Morgan fingerprint density at radius 2 is 0.333 bits per heavy atom. The van der Waals surface area contributed by atoms with Gasteiger partial charge in [-0.05, 0) is 0 Å². The maximum atomic E-state index is 8.74. The van der Waals surface area contributed by atoms with E-state index in [0.29, 0.717) is 0 Å². The van der Waals surface area contributed by atoms with Crippen molar-refractivity contribution in [2.45, 2.75) is 0 Å². The third-order valence-electron chi connectivity index (χ3n) is 0. The summed E-state index contributed by atoms with van der Waals surface area (Å²) in [6, 6.07) is 0. The van der Waals surface area contributed by atoms with Gasteiger partial charge in [-0.3, -0.25) is 27.3 Å². The van der Waals surface area contributed by atoms with Gasteiger partial charge in [0.2, 0.25) is 0 Å². The SMILES string of the molecule is O.O.O.O.O=S(=O)(O)O.O=S(=O)(O)O.O=S(=O)(O)O.[Al+3].[Al+3].[Al+3].[Al+3].[Al+3].[O-2].[O-2].[O-2]. The molecule has 0 amide bonds. The number of hydrogen-bond donors (Lipinski definition) is 6. The van der Waals surface area contributed by atoms with Crippen LogP contribution in [0.25, 0.3) is 0 Å². The Hall–Kier alpha value is 1.99. The third kappa shape index (κ3) is 4760. The molecule has 0 atom stereocenters. The molecule has 0 aliphatic rings. The van der Waals surface area contributed by atoms with Crippen LogP contribution in [-0.4, -0.2) is 161 Å². The summed E-state index contributed by atoms with van der Waals surface area (Å²) >= 11 is 0. The quantitative estimate of drug-likeness (QED) is 0.121. The molecule has 0 aromatic rings. The fourth-order valence-electron chi connectivity index (χ4n) is 0. The maximum absolute atomic E-state index is 8.74. The van der Waals surface area contributed by atoms with Gasteiger partial charge in [-0.15, -0.1) is 0 Å². The van der Waals surface area contributed by atoms with Crippen LogP contribution in [0.4, 0.5) is 0 Å². The number of rotatable bonds is 0. The molecule has 0 saturated heterocycles. The maximum Gasteiger partial charge on any atom is 3.00 e. The van der Waals surface area contributed by atoms with Gasteiger partial charge in [0.15, 0.2) is 0 Å². The Morgan fingerprint density at radius 1 is 0.333 bits per heavy atom. The van der Waals surface area contributed by atoms with Crippen LogP contribution in [0.1, 0.15) is 0 Å². The average Bonchev–Trinajstić information content (AvgIpc) is 1.41. The molecule has 0 bridgehead atoms. The van der Waals surface area contributed by atoms with Crippen LogP contribution in [0.2, 0.25) is 0 Å². The van der Waals surface area contributed by atoms with E-state index in [9.17, 15) is 0 Å². The molecule has 0 aromatic heterocycles. The Bertz CT molecular complexity index is 352. The zero-order valence-electron chi connectivity index (χ0n) is 12.5. The van der Waals surface area contributed by atoms with Gasteiger partial charge < -0.3 is 38.3 Å². The van der Waals surface area contributed by atoms with Gasteiger partial charge in [0.1, 0.15) is 0 Å². The van der Waals surface area contributed by atoms with Crippen molar-refractivity contribution in [1.82, 2.24) is 0 Å². The van der Waals surface area contributed by atoms with Crippen LogP contribution < -0.4 is 0 Å². The standard InChI is InChI=1S/5Al.3H2O4S.4H2O.3O/c;;;;;3*1-5(2,3)4;;;;;;;/h;;;;;3*(H2,1,2,3,4);4*1H2;;;/q5*+3;;;;;;;;3*-2. The van der Waals surface area contributed by atoms with E-state index in [4.69, 9.17) is 52.6 Å². The van der Waals surface area contributed by atoms with Crippen LogP contribution in [0.5, 0.6) is 0 Å². The van der Waals surface area contributed by atoms with E-state index in [-0.39, 0.29) is 125 Å². The molecule has 0 fully saturated rings. The van der Waals surface area contributed by atoms with Gasteiger partial charge in [-0.1, -0.05) is 0 Å². The van der Waals surface area contributed by atoms with Crippen LogP contribution in [0.3, 0.4) is 0 Å². The molecule has 27 heteroatoms. The normalized spacial score (nSPS) is 6.44. The van der Waals surface area contributed by atoms with Crippen LogP contribution in [0.15, 0.2) is 0 Å². The zero-order valence-corrected chi connectivity index (χ0v) is 20.7. The van der Waals surface area contributed by atoms with E-state index in [0.717, 1.165) is 0 Å². The summed E-state index contributed by atoms with van der Waals surface area (Å²) < 4.78 is 94.8. The fourth-order valence-corrected chi connectivity index (χ4v) is 0. The van der Waals surface area contributed by atoms with Crippen LogP contribution in [0, 0.1) is 0 Å². The predicted octanol–water partition coefficient (Wildman–Crippen LogP) is -7.52. The molecule has 14 N–H and O–H groups in total. The second-order valence-electron chi connectivity index (χ2n) is 1.34.